The van der Waals surface area contributed by atoms with Gasteiger partial charge in [-0.3, -0.25) is 4.79 Å². The van der Waals surface area contributed by atoms with Crippen LogP contribution in [-0.2, 0) is 17.9 Å². The fourth-order valence-corrected chi connectivity index (χ4v) is 4.16. The van der Waals surface area contributed by atoms with Crippen molar-refractivity contribution in [3.8, 4) is 0 Å². The van der Waals surface area contributed by atoms with Crippen molar-refractivity contribution in [3.05, 3.63) is 76.6 Å². The summed E-state index contributed by atoms with van der Waals surface area (Å²) in [5.41, 5.74) is 2.26. The van der Waals surface area contributed by atoms with Crippen LogP contribution >= 0.6 is 23.4 Å². The summed E-state index contributed by atoms with van der Waals surface area (Å²) in [6.07, 6.45) is 2.33. The van der Waals surface area contributed by atoms with Gasteiger partial charge in [0.25, 0.3) is 0 Å². The van der Waals surface area contributed by atoms with E-state index in [1.54, 1.807) is 4.90 Å². The van der Waals surface area contributed by atoms with Gasteiger partial charge in [-0.15, -0.1) is 10.2 Å². The number of halogens is 1. The van der Waals surface area contributed by atoms with Crippen molar-refractivity contribution in [2.24, 2.45) is 0 Å². The molecule has 29 heavy (non-hydrogen) atoms. The number of thioether (sulfide) groups is 1. The minimum atomic E-state index is 0.0622. The van der Waals surface area contributed by atoms with Crippen molar-refractivity contribution in [2.45, 2.75) is 37.0 Å². The van der Waals surface area contributed by atoms with E-state index in [9.17, 15) is 4.79 Å². The van der Waals surface area contributed by atoms with Gasteiger partial charge < -0.3 is 9.47 Å². The third-order valence-corrected chi connectivity index (χ3v) is 6.16. The zero-order chi connectivity index (χ0) is 20.2. The summed E-state index contributed by atoms with van der Waals surface area (Å²) in [7, 11) is 1.82. The number of nitrogens with zero attached hydrogens (tertiary/aromatic N) is 4. The Labute approximate surface area is 180 Å². The first-order chi connectivity index (χ1) is 14.1. The van der Waals surface area contributed by atoms with Crippen molar-refractivity contribution in [2.75, 3.05) is 12.8 Å². The number of amides is 1. The number of rotatable bonds is 8. The Kier molecular flexibility index (Phi) is 6.21. The maximum Gasteiger partial charge on any atom is 0.233 e. The fraction of sp³-hybridized carbons (Fsp3) is 0.318. The molecule has 0 bridgehead atoms. The molecule has 1 aromatic heterocycles. The van der Waals surface area contributed by atoms with E-state index in [1.165, 1.54) is 30.2 Å². The first-order valence-corrected chi connectivity index (χ1v) is 11.0. The Balaban J connectivity index is 1.41. The van der Waals surface area contributed by atoms with Crippen molar-refractivity contribution in [3.63, 3.8) is 0 Å². The third kappa shape index (κ3) is 5.19. The second-order valence-corrected chi connectivity index (χ2v) is 8.73. The first-order valence-electron chi connectivity index (χ1n) is 9.68. The fourth-order valence-electron chi connectivity index (χ4n) is 3.15. The van der Waals surface area contributed by atoms with Crippen LogP contribution in [0.1, 0.15) is 35.7 Å². The van der Waals surface area contributed by atoms with E-state index in [-0.39, 0.29) is 5.91 Å². The Morgan fingerprint density at radius 1 is 1.10 bits per heavy atom. The summed E-state index contributed by atoms with van der Waals surface area (Å²) in [5, 5.41) is 10.3. The van der Waals surface area contributed by atoms with Gasteiger partial charge in [0.2, 0.25) is 5.91 Å². The molecule has 0 radical (unpaired) electrons. The minimum Gasteiger partial charge on any atom is -0.341 e. The summed E-state index contributed by atoms with van der Waals surface area (Å²) in [6, 6.07) is 17.9. The molecular weight excluding hydrogens is 404 g/mol. The van der Waals surface area contributed by atoms with Crippen molar-refractivity contribution >= 4 is 29.3 Å². The van der Waals surface area contributed by atoms with Crippen LogP contribution in [0.5, 0.6) is 0 Å². The number of carbonyl (C=O) groups is 1. The van der Waals surface area contributed by atoms with Crippen molar-refractivity contribution in [1.82, 2.24) is 19.7 Å². The van der Waals surface area contributed by atoms with E-state index >= 15 is 0 Å². The number of benzene rings is 2. The highest BCUT2D eigenvalue weighted by Gasteiger charge is 2.30. The SMILES string of the molecule is CN(Cc1ccc(Cl)cc1)C(=O)CSc1nnc(C2CC2)n1Cc1ccccc1. The molecule has 4 rings (SSSR count). The van der Waals surface area contributed by atoms with Crippen molar-refractivity contribution < 1.29 is 4.79 Å². The third-order valence-electron chi connectivity index (χ3n) is 4.95. The Hall–Kier alpha value is -2.31. The summed E-state index contributed by atoms with van der Waals surface area (Å²) >= 11 is 7.39. The van der Waals surface area contributed by atoms with Gasteiger partial charge in [-0.1, -0.05) is 65.8 Å². The Bertz CT molecular complexity index is 970. The second kappa shape index (κ2) is 9.01. The van der Waals surface area contributed by atoms with Crippen LogP contribution in [0.15, 0.2) is 59.8 Å². The molecule has 1 fully saturated rings. The van der Waals surface area contributed by atoms with Crippen LogP contribution in [0, 0.1) is 0 Å². The van der Waals surface area contributed by atoms with Crippen LogP contribution < -0.4 is 0 Å². The van der Waals surface area contributed by atoms with Gasteiger partial charge >= 0.3 is 0 Å². The predicted octanol–water partition coefficient (Wildman–Crippen LogP) is 4.61. The normalized spacial score (nSPS) is 13.4. The molecular formula is C22H23ClN4OS. The van der Waals surface area contributed by atoms with E-state index < -0.39 is 0 Å². The van der Waals surface area contributed by atoms with Gasteiger partial charge in [-0.05, 0) is 36.1 Å². The molecule has 0 atom stereocenters. The topological polar surface area (TPSA) is 51.0 Å². The van der Waals surface area contributed by atoms with Gasteiger partial charge in [0.15, 0.2) is 5.16 Å². The van der Waals surface area contributed by atoms with Crippen LogP contribution in [0.25, 0.3) is 0 Å². The smallest absolute Gasteiger partial charge is 0.233 e. The molecule has 7 heteroatoms. The van der Waals surface area contributed by atoms with E-state index in [0.29, 0.717) is 23.2 Å². The van der Waals surface area contributed by atoms with Crippen LogP contribution in [0.4, 0.5) is 0 Å². The zero-order valence-electron chi connectivity index (χ0n) is 16.3. The van der Waals surface area contributed by atoms with Crippen LogP contribution in [0.2, 0.25) is 5.02 Å². The van der Waals surface area contributed by atoms with Gasteiger partial charge in [0, 0.05) is 24.5 Å². The van der Waals surface area contributed by atoms with E-state index in [2.05, 4.69) is 26.9 Å². The quantitative estimate of drug-likeness (QED) is 0.493. The zero-order valence-corrected chi connectivity index (χ0v) is 17.9. The molecule has 0 saturated heterocycles. The molecule has 3 aromatic rings. The highest BCUT2D eigenvalue weighted by atomic mass is 35.5. The molecule has 2 aromatic carbocycles. The highest BCUT2D eigenvalue weighted by Crippen LogP contribution is 2.40. The molecule has 0 unspecified atom stereocenters. The largest absolute Gasteiger partial charge is 0.341 e. The van der Waals surface area contributed by atoms with Gasteiger partial charge in [0.05, 0.1) is 12.3 Å². The molecule has 1 amide bonds. The average Bonchev–Trinajstić information content (AvgIpc) is 3.50. The lowest BCUT2D eigenvalue weighted by Crippen LogP contribution is -2.27. The van der Waals surface area contributed by atoms with Crippen LogP contribution in [-0.4, -0.2) is 38.4 Å². The predicted molar refractivity (Wildman–Crippen MR) is 116 cm³/mol. The highest BCUT2D eigenvalue weighted by molar-refractivity contribution is 7.99. The van der Waals surface area contributed by atoms with E-state index in [1.807, 2.05) is 49.5 Å². The summed E-state index contributed by atoms with van der Waals surface area (Å²) in [5.74, 6) is 1.94. The lowest BCUT2D eigenvalue weighted by atomic mass is 10.2. The number of aromatic nitrogens is 3. The standard InChI is InChI=1S/C22H23ClN4OS/c1-26(13-17-7-11-19(23)12-8-17)20(28)15-29-22-25-24-21(18-9-10-18)27(22)14-16-5-3-2-4-6-16/h2-8,11-12,18H,9-10,13-15H2,1H3. The Morgan fingerprint density at radius 3 is 2.52 bits per heavy atom. The molecule has 1 aliphatic carbocycles. The summed E-state index contributed by atoms with van der Waals surface area (Å²) < 4.78 is 2.17. The molecule has 1 heterocycles. The molecule has 150 valence electrons. The molecule has 1 aliphatic rings. The number of carbonyl (C=O) groups excluding carboxylic acids is 1. The molecule has 0 N–H and O–H groups in total. The molecule has 0 spiro atoms. The second-order valence-electron chi connectivity index (χ2n) is 7.35. The monoisotopic (exact) mass is 426 g/mol. The van der Waals surface area contributed by atoms with Gasteiger partial charge in [0.1, 0.15) is 5.82 Å². The lowest BCUT2D eigenvalue weighted by Gasteiger charge is -2.17. The molecule has 5 nitrogen and oxygen atoms in total. The maximum absolute atomic E-state index is 12.6. The molecule has 0 aliphatic heterocycles. The average molecular weight is 427 g/mol. The molecule has 1 saturated carbocycles. The summed E-state index contributed by atoms with van der Waals surface area (Å²) in [4.78, 5) is 14.4. The van der Waals surface area contributed by atoms with Gasteiger partial charge in [-0.2, -0.15) is 0 Å². The van der Waals surface area contributed by atoms with E-state index in [4.69, 9.17) is 11.6 Å². The summed E-state index contributed by atoms with van der Waals surface area (Å²) in [6.45, 7) is 1.29. The van der Waals surface area contributed by atoms with Gasteiger partial charge in [-0.25, -0.2) is 0 Å². The van der Waals surface area contributed by atoms with Crippen molar-refractivity contribution in [1.29, 1.82) is 0 Å². The van der Waals surface area contributed by atoms with Crippen LogP contribution in [0.3, 0.4) is 0 Å². The number of hydrogen-bond donors (Lipinski definition) is 0. The first kappa shape index (κ1) is 20.0. The van der Waals surface area contributed by atoms with E-state index in [0.717, 1.165) is 23.1 Å². The minimum absolute atomic E-state index is 0.0622. The lowest BCUT2D eigenvalue weighted by molar-refractivity contribution is -0.127. The number of hydrogen-bond acceptors (Lipinski definition) is 4. The maximum atomic E-state index is 12.6. The Morgan fingerprint density at radius 2 is 1.83 bits per heavy atom.